The van der Waals surface area contributed by atoms with Gasteiger partial charge in [0.15, 0.2) is 12.1 Å². The van der Waals surface area contributed by atoms with Crippen molar-refractivity contribution in [3.63, 3.8) is 0 Å². The van der Waals surface area contributed by atoms with Crippen LogP contribution in [-0.2, 0) is 39.5 Å². The van der Waals surface area contributed by atoms with Gasteiger partial charge in [-0.25, -0.2) is 0 Å². The highest BCUT2D eigenvalue weighted by atomic mass is 28.4. The van der Waals surface area contributed by atoms with E-state index in [1.54, 1.807) is 0 Å². The third kappa shape index (κ3) is 9.52. The lowest BCUT2D eigenvalue weighted by Gasteiger charge is -2.50. The summed E-state index contributed by atoms with van der Waals surface area (Å²) >= 11 is 0. The molecule has 0 spiro atoms. The molecule has 5 rings (SSSR count). The Kier molecular flexibility index (Phi) is 13.5. The fourth-order valence-corrected chi connectivity index (χ4v) is 12.5. The van der Waals surface area contributed by atoms with E-state index in [2.05, 4.69) is 114 Å². The Morgan fingerprint density at radius 2 is 1.34 bits per heavy atom. The third-order valence-corrected chi connectivity index (χ3v) is 15.4. The van der Waals surface area contributed by atoms with Crippen LogP contribution in [0.1, 0.15) is 73.8 Å². The summed E-state index contributed by atoms with van der Waals surface area (Å²) in [5.74, 6) is -0.514. The maximum atomic E-state index is 7.39. The minimum atomic E-state index is -2.70. The number of benzene rings is 3. The molecule has 6 atom stereocenters. The maximum Gasteiger partial charge on any atom is 0.261 e. The van der Waals surface area contributed by atoms with E-state index < -0.39 is 14.1 Å². The highest BCUT2D eigenvalue weighted by Crippen LogP contribution is 2.41. The lowest BCUT2D eigenvalue weighted by molar-refractivity contribution is -0.340. The Bertz CT molecular complexity index is 1370. The molecule has 0 N–H and O–H groups in total. The molecule has 50 heavy (non-hydrogen) atoms. The van der Waals surface area contributed by atoms with Gasteiger partial charge in [0.1, 0.15) is 6.79 Å². The van der Waals surface area contributed by atoms with Crippen LogP contribution in [0.2, 0.25) is 5.04 Å². The molecule has 0 aromatic heterocycles. The number of ether oxygens (including phenoxy) is 6. The van der Waals surface area contributed by atoms with E-state index in [4.69, 9.17) is 32.8 Å². The summed E-state index contributed by atoms with van der Waals surface area (Å²) in [6.45, 7) is 20.3. The van der Waals surface area contributed by atoms with Crippen molar-refractivity contribution in [2.75, 3.05) is 26.6 Å². The van der Waals surface area contributed by atoms with E-state index in [-0.39, 0.29) is 54.2 Å². The zero-order chi connectivity index (χ0) is 35.8. The van der Waals surface area contributed by atoms with Gasteiger partial charge in [-0.15, -0.1) is 0 Å². The highest BCUT2D eigenvalue weighted by molar-refractivity contribution is 6.99. The van der Waals surface area contributed by atoms with Gasteiger partial charge in [0.25, 0.3) is 8.32 Å². The number of hydrogen-bond donors (Lipinski definition) is 0. The van der Waals surface area contributed by atoms with Crippen LogP contribution in [0.4, 0.5) is 0 Å². The second-order valence-corrected chi connectivity index (χ2v) is 19.9. The summed E-state index contributed by atoms with van der Waals surface area (Å²) in [6, 6.07) is 31.9. The van der Waals surface area contributed by atoms with Gasteiger partial charge in [-0.2, -0.15) is 0 Å². The first-order chi connectivity index (χ1) is 23.9. The van der Waals surface area contributed by atoms with Gasteiger partial charge in [0, 0.05) is 30.8 Å². The molecule has 8 heteroatoms. The van der Waals surface area contributed by atoms with Gasteiger partial charge >= 0.3 is 0 Å². The van der Waals surface area contributed by atoms with Gasteiger partial charge in [0.2, 0.25) is 0 Å². The normalized spacial score (nSPS) is 23.4. The largest absolute Gasteiger partial charge is 0.407 e. The SMILES string of the molecule is C[C@H]([C@@H]1OC(C)(C)O[C@H]([C@H](C)CO[Si](c2ccccc2)(c2ccccc2)C(C)(C)C)[C@H]1C)[C@@H](CCC1OCCO1)OCOCc1ccccc1. The number of hydrogen-bond acceptors (Lipinski definition) is 7. The Labute approximate surface area is 302 Å². The van der Waals surface area contributed by atoms with Gasteiger partial charge in [-0.3, -0.25) is 0 Å². The molecule has 0 unspecified atom stereocenters. The van der Waals surface area contributed by atoms with Crippen molar-refractivity contribution in [2.24, 2.45) is 17.8 Å². The Morgan fingerprint density at radius 3 is 1.90 bits per heavy atom. The van der Waals surface area contributed by atoms with E-state index in [1.807, 2.05) is 32.0 Å². The molecule has 2 aliphatic rings. The summed E-state index contributed by atoms with van der Waals surface area (Å²) in [6.07, 6.45) is 1.01. The van der Waals surface area contributed by atoms with Crippen LogP contribution in [0.5, 0.6) is 0 Å². The molecule has 2 saturated heterocycles. The average Bonchev–Trinajstić information content (AvgIpc) is 3.63. The molecular weight excluding hydrogens is 645 g/mol. The molecular formula is C42H60O7Si. The predicted molar refractivity (Wildman–Crippen MR) is 201 cm³/mol. The molecule has 7 nitrogen and oxygen atoms in total. The number of rotatable bonds is 16. The van der Waals surface area contributed by atoms with Crippen LogP contribution in [0.15, 0.2) is 91.0 Å². The van der Waals surface area contributed by atoms with Crippen LogP contribution in [0.25, 0.3) is 0 Å². The van der Waals surface area contributed by atoms with Crippen LogP contribution in [0.3, 0.4) is 0 Å². The first kappa shape index (κ1) is 38.8. The molecule has 274 valence electrons. The standard InChI is InChI=1S/C42H60O7Si/c1-31(28-47-50(41(4,5)6,35-20-14-10-15-21-35)36-22-16-11-17-23-36)39-33(3)40(49-42(7,8)48-39)32(2)37(24-25-38-44-26-27-45-38)46-30-43-29-34-18-12-9-13-19-34/h9-23,31-33,37-40H,24-30H2,1-8H3/t31-,32+,33-,37-,39-,40+/m1/s1. The quantitative estimate of drug-likeness (QED) is 0.0861. The Morgan fingerprint density at radius 1 is 0.800 bits per heavy atom. The molecule has 0 aliphatic carbocycles. The molecule has 2 heterocycles. The monoisotopic (exact) mass is 704 g/mol. The molecule has 2 aliphatic heterocycles. The van der Waals surface area contributed by atoms with E-state index in [9.17, 15) is 0 Å². The zero-order valence-electron chi connectivity index (χ0n) is 31.5. The smallest absolute Gasteiger partial charge is 0.261 e. The van der Waals surface area contributed by atoms with Gasteiger partial charge < -0.3 is 32.8 Å². The van der Waals surface area contributed by atoms with Crippen LogP contribution >= 0.6 is 0 Å². The molecule has 0 radical (unpaired) electrons. The summed E-state index contributed by atoms with van der Waals surface area (Å²) in [5, 5.41) is 2.46. The Hall–Kier alpha value is -2.40. The van der Waals surface area contributed by atoms with E-state index in [1.165, 1.54) is 10.4 Å². The maximum absolute atomic E-state index is 7.39. The summed E-state index contributed by atoms with van der Waals surface area (Å²) in [5.41, 5.74) is 1.12. The van der Waals surface area contributed by atoms with E-state index in [0.717, 1.165) is 18.4 Å². The lowest BCUT2D eigenvalue weighted by atomic mass is 9.80. The van der Waals surface area contributed by atoms with Crippen molar-refractivity contribution in [3.05, 3.63) is 96.6 Å². The summed E-state index contributed by atoms with van der Waals surface area (Å²) < 4.78 is 45.0. The minimum absolute atomic E-state index is 0.0576. The molecule has 0 bridgehead atoms. The topological polar surface area (TPSA) is 64.6 Å². The van der Waals surface area contributed by atoms with E-state index >= 15 is 0 Å². The summed E-state index contributed by atoms with van der Waals surface area (Å²) in [7, 11) is -2.70. The van der Waals surface area contributed by atoms with Gasteiger partial charge in [-0.05, 0) is 41.2 Å². The van der Waals surface area contributed by atoms with E-state index in [0.29, 0.717) is 26.4 Å². The average molecular weight is 705 g/mol. The zero-order valence-corrected chi connectivity index (χ0v) is 32.5. The summed E-state index contributed by atoms with van der Waals surface area (Å²) in [4.78, 5) is 0. The van der Waals surface area contributed by atoms with Crippen LogP contribution in [0, 0.1) is 17.8 Å². The molecule has 0 amide bonds. The molecule has 3 aromatic carbocycles. The van der Waals surface area contributed by atoms with Crippen molar-refractivity contribution in [3.8, 4) is 0 Å². The fraction of sp³-hybridized carbons (Fsp3) is 0.571. The minimum Gasteiger partial charge on any atom is -0.407 e. The van der Waals surface area contributed by atoms with Crippen molar-refractivity contribution < 1.29 is 32.8 Å². The van der Waals surface area contributed by atoms with Crippen molar-refractivity contribution in [1.82, 2.24) is 0 Å². The fourth-order valence-electron chi connectivity index (χ4n) is 7.87. The van der Waals surface area contributed by atoms with Crippen molar-refractivity contribution in [1.29, 1.82) is 0 Å². The Balaban J connectivity index is 1.33. The predicted octanol–water partition coefficient (Wildman–Crippen LogP) is 7.70. The molecule has 0 saturated carbocycles. The van der Waals surface area contributed by atoms with Crippen LogP contribution < -0.4 is 10.4 Å². The second-order valence-electron chi connectivity index (χ2n) is 15.6. The third-order valence-electron chi connectivity index (χ3n) is 10.4. The van der Waals surface area contributed by atoms with Gasteiger partial charge in [-0.1, -0.05) is 133 Å². The molecule has 2 fully saturated rings. The first-order valence-corrected chi connectivity index (χ1v) is 20.4. The molecule has 3 aromatic rings. The highest BCUT2D eigenvalue weighted by Gasteiger charge is 2.52. The van der Waals surface area contributed by atoms with Gasteiger partial charge in [0.05, 0.1) is 38.1 Å². The van der Waals surface area contributed by atoms with Crippen molar-refractivity contribution >= 4 is 18.7 Å². The lowest BCUT2D eigenvalue weighted by Crippen LogP contribution is -2.67. The second kappa shape index (κ2) is 17.4. The first-order valence-electron chi connectivity index (χ1n) is 18.5. The van der Waals surface area contributed by atoms with Crippen LogP contribution in [-0.4, -0.2) is 65.3 Å². The van der Waals surface area contributed by atoms with Crippen molar-refractivity contribution in [2.45, 2.75) is 110 Å².